The Labute approximate surface area is 91.1 Å². The molecule has 0 aromatic carbocycles. The summed E-state index contributed by atoms with van der Waals surface area (Å²) >= 11 is 5.84. The monoisotopic (exact) mass is 219 g/mol. The number of aryl methyl sites for hydroxylation is 1. The van der Waals surface area contributed by atoms with Gasteiger partial charge in [-0.25, -0.2) is 9.97 Å². The molecule has 4 nitrogen and oxygen atoms in total. The van der Waals surface area contributed by atoms with Crippen molar-refractivity contribution in [2.45, 2.75) is 6.92 Å². The molecular weight excluding hydrogens is 214 g/mol. The molecule has 2 aromatic heterocycles. The van der Waals surface area contributed by atoms with Crippen LogP contribution < -0.4 is 0 Å². The van der Waals surface area contributed by atoms with Crippen LogP contribution in [-0.4, -0.2) is 9.97 Å². The summed E-state index contributed by atoms with van der Waals surface area (Å²) < 4.78 is 5.14. The molecule has 0 saturated heterocycles. The highest BCUT2D eigenvalue weighted by molar-refractivity contribution is 6.30. The first-order chi connectivity index (χ1) is 7.22. The molecule has 0 aliphatic heterocycles. The van der Waals surface area contributed by atoms with Crippen LogP contribution in [0.4, 0.5) is 0 Å². The van der Waals surface area contributed by atoms with Gasteiger partial charge in [-0.05, 0) is 19.1 Å². The molecule has 2 rings (SSSR count). The van der Waals surface area contributed by atoms with Gasteiger partial charge < -0.3 is 4.42 Å². The third kappa shape index (κ3) is 1.69. The van der Waals surface area contributed by atoms with Gasteiger partial charge in [0, 0.05) is 0 Å². The summed E-state index contributed by atoms with van der Waals surface area (Å²) in [7, 11) is 0. The van der Waals surface area contributed by atoms with Crippen LogP contribution in [0.2, 0.25) is 5.15 Å². The molecule has 0 spiro atoms. The highest BCUT2D eigenvalue weighted by atomic mass is 35.5. The lowest BCUT2D eigenvalue weighted by Gasteiger charge is -2.01. The maximum atomic E-state index is 8.78. The second kappa shape index (κ2) is 3.71. The summed E-state index contributed by atoms with van der Waals surface area (Å²) in [5.74, 6) is 0.922. The van der Waals surface area contributed by atoms with E-state index in [9.17, 15) is 0 Å². The summed E-state index contributed by atoms with van der Waals surface area (Å²) in [6.45, 7) is 1.71. The van der Waals surface area contributed by atoms with Crippen LogP contribution in [0.15, 0.2) is 22.8 Å². The Morgan fingerprint density at radius 1 is 1.47 bits per heavy atom. The Hall–Kier alpha value is -1.86. The summed E-state index contributed by atoms with van der Waals surface area (Å²) in [5, 5.41) is 8.93. The third-order valence-corrected chi connectivity index (χ3v) is 2.17. The van der Waals surface area contributed by atoms with Crippen molar-refractivity contribution < 1.29 is 4.42 Å². The highest BCUT2D eigenvalue weighted by Gasteiger charge is 2.11. The number of hydrogen-bond acceptors (Lipinski definition) is 4. The molecule has 0 amide bonds. The van der Waals surface area contributed by atoms with Gasteiger partial charge in [0.05, 0.1) is 12.0 Å². The quantitative estimate of drug-likeness (QED) is 0.692. The van der Waals surface area contributed by atoms with Gasteiger partial charge in [0.25, 0.3) is 0 Å². The molecule has 0 aliphatic rings. The Kier molecular flexibility index (Phi) is 2.40. The molecule has 0 radical (unpaired) electrons. The van der Waals surface area contributed by atoms with Crippen LogP contribution in [0.25, 0.3) is 11.6 Å². The molecule has 0 fully saturated rings. The van der Waals surface area contributed by atoms with Crippen molar-refractivity contribution in [2.75, 3.05) is 0 Å². The van der Waals surface area contributed by atoms with Crippen molar-refractivity contribution in [2.24, 2.45) is 0 Å². The van der Waals surface area contributed by atoms with Crippen LogP contribution in [0.3, 0.4) is 0 Å². The van der Waals surface area contributed by atoms with Crippen molar-refractivity contribution >= 4 is 11.6 Å². The smallest absolute Gasteiger partial charge is 0.197 e. The Morgan fingerprint density at radius 3 is 2.80 bits per heavy atom. The highest BCUT2D eigenvalue weighted by Crippen LogP contribution is 2.21. The van der Waals surface area contributed by atoms with Crippen LogP contribution in [0, 0.1) is 18.3 Å². The van der Waals surface area contributed by atoms with Crippen molar-refractivity contribution in [3.63, 3.8) is 0 Å². The molecule has 5 heteroatoms. The minimum atomic E-state index is 0.149. The topological polar surface area (TPSA) is 62.7 Å². The average molecular weight is 220 g/mol. The Morgan fingerprint density at radius 2 is 2.27 bits per heavy atom. The Balaban J connectivity index is 2.59. The van der Waals surface area contributed by atoms with Gasteiger partial charge in [-0.2, -0.15) is 5.26 Å². The number of halogens is 1. The lowest BCUT2D eigenvalue weighted by Crippen LogP contribution is -1.96. The number of nitrogens with zero attached hydrogens (tertiary/aromatic N) is 3. The number of rotatable bonds is 1. The first-order valence-corrected chi connectivity index (χ1v) is 4.58. The number of furan rings is 1. The molecular formula is C10H6ClN3O. The minimum absolute atomic E-state index is 0.149. The molecule has 2 aromatic rings. The third-order valence-electron chi connectivity index (χ3n) is 1.90. The maximum Gasteiger partial charge on any atom is 0.197 e. The summed E-state index contributed by atoms with van der Waals surface area (Å²) in [6.07, 6.45) is 1.53. The summed E-state index contributed by atoms with van der Waals surface area (Å²) in [6, 6.07) is 5.42. The summed E-state index contributed by atoms with van der Waals surface area (Å²) in [4.78, 5) is 8.12. The number of aromatic nitrogens is 2. The maximum absolute atomic E-state index is 8.78. The van der Waals surface area contributed by atoms with Crippen molar-refractivity contribution in [1.29, 1.82) is 5.26 Å². The van der Waals surface area contributed by atoms with E-state index in [0.717, 1.165) is 0 Å². The molecule has 15 heavy (non-hydrogen) atoms. The van der Waals surface area contributed by atoms with Crippen molar-refractivity contribution in [3.05, 3.63) is 34.8 Å². The fourth-order valence-electron chi connectivity index (χ4n) is 1.18. The predicted octanol–water partition coefficient (Wildman–Crippen LogP) is 2.57. The fourth-order valence-corrected chi connectivity index (χ4v) is 1.44. The molecule has 0 saturated carbocycles. The SMILES string of the molecule is Cc1nc(-c2ccco2)nc(Cl)c1C#N. The predicted molar refractivity (Wildman–Crippen MR) is 54.2 cm³/mol. The van der Waals surface area contributed by atoms with Gasteiger partial charge in [0.1, 0.15) is 11.6 Å². The van der Waals surface area contributed by atoms with E-state index in [1.807, 2.05) is 6.07 Å². The van der Waals surface area contributed by atoms with E-state index in [1.165, 1.54) is 6.26 Å². The van der Waals surface area contributed by atoms with Gasteiger partial charge in [-0.1, -0.05) is 11.6 Å². The molecule has 0 bridgehead atoms. The van der Waals surface area contributed by atoms with E-state index in [2.05, 4.69) is 9.97 Å². The van der Waals surface area contributed by atoms with E-state index in [0.29, 0.717) is 22.8 Å². The van der Waals surface area contributed by atoms with Gasteiger partial charge in [-0.3, -0.25) is 0 Å². The van der Waals surface area contributed by atoms with E-state index >= 15 is 0 Å². The zero-order valence-electron chi connectivity index (χ0n) is 7.86. The first kappa shape index (κ1) is 9.69. The number of hydrogen-bond donors (Lipinski definition) is 0. The fraction of sp³-hybridized carbons (Fsp3) is 0.100. The molecule has 0 unspecified atom stereocenters. The normalized spacial score (nSPS) is 9.93. The van der Waals surface area contributed by atoms with E-state index in [4.69, 9.17) is 21.3 Å². The second-order valence-electron chi connectivity index (χ2n) is 2.89. The van der Waals surface area contributed by atoms with E-state index in [1.54, 1.807) is 19.1 Å². The second-order valence-corrected chi connectivity index (χ2v) is 3.25. The Bertz CT molecular complexity index is 505. The average Bonchev–Trinajstić information content (AvgIpc) is 2.69. The van der Waals surface area contributed by atoms with Crippen LogP contribution in [-0.2, 0) is 0 Å². The van der Waals surface area contributed by atoms with Gasteiger partial charge in [0.15, 0.2) is 16.7 Å². The summed E-state index contributed by atoms with van der Waals surface area (Å²) in [5.41, 5.74) is 0.843. The van der Waals surface area contributed by atoms with Gasteiger partial charge in [0.2, 0.25) is 0 Å². The van der Waals surface area contributed by atoms with Crippen LogP contribution in [0.1, 0.15) is 11.3 Å². The first-order valence-electron chi connectivity index (χ1n) is 4.20. The van der Waals surface area contributed by atoms with Crippen LogP contribution >= 0.6 is 11.6 Å². The molecule has 0 aliphatic carbocycles. The largest absolute Gasteiger partial charge is 0.461 e. The van der Waals surface area contributed by atoms with Crippen LogP contribution in [0.5, 0.6) is 0 Å². The van der Waals surface area contributed by atoms with E-state index < -0.39 is 0 Å². The molecule has 2 heterocycles. The number of nitriles is 1. The van der Waals surface area contributed by atoms with E-state index in [-0.39, 0.29) is 5.15 Å². The van der Waals surface area contributed by atoms with Gasteiger partial charge in [-0.15, -0.1) is 0 Å². The minimum Gasteiger partial charge on any atom is -0.461 e. The zero-order chi connectivity index (χ0) is 10.8. The van der Waals surface area contributed by atoms with Crippen molar-refractivity contribution in [1.82, 2.24) is 9.97 Å². The standard InChI is InChI=1S/C10H6ClN3O/c1-6-7(5-12)9(11)14-10(13-6)8-3-2-4-15-8/h2-4H,1H3. The molecule has 74 valence electrons. The van der Waals surface area contributed by atoms with Gasteiger partial charge >= 0.3 is 0 Å². The lowest BCUT2D eigenvalue weighted by molar-refractivity contribution is 0.577. The zero-order valence-corrected chi connectivity index (χ0v) is 8.62. The molecule has 0 atom stereocenters. The molecule has 0 N–H and O–H groups in total. The van der Waals surface area contributed by atoms with Crippen molar-refractivity contribution in [3.8, 4) is 17.7 Å². The lowest BCUT2D eigenvalue weighted by atomic mass is 10.2.